The monoisotopic (exact) mass is 287 g/mol. The van der Waals surface area contributed by atoms with Crippen LogP contribution in [0.3, 0.4) is 0 Å². The van der Waals surface area contributed by atoms with E-state index in [1.54, 1.807) is 0 Å². The maximum absolute atomic E-state index is 11.1. The van der Waals surface area contributed by atoms with Crippen molar-refractivity contribution < 1.29 is 14.3 Å². The number of esters is 1. The van der Waals surface area contributed by atoms with Gasteiger partial charge in [-0.15, -0.1) is 0 Å². The first-order chi connectivity index (χ1) is 10.3. The summed E-state index contributed by atoms with van der Waals surface area (Å²) in [6.07, 6.45) is 0.393. The number of carbonyl (C=O) groups is 1. The summed E-state index contributed by atoms with van der Waals surface area (Å²) in [5, 5.41) is 5.53. The number of rotatable bonds is 8. The Kier molecular flexibility index (Phi) is 6.03. The number of hydrogen-bond acceptors (Lipinski definition) is 4. The van der Waals surface area contributed by atoms with Gasteiger partial charge in [-0.25, -0.2) is 0 Å². The van der Waals surface area contributed by atoms with Gasteiger partial charge in [-0.3, -0.25) is 4.79 Å². The highest BCUT2D eigenvalue weighted by atomic mass is 16.5. The maximum atomic E-state index is 11.1. The van der Waals surface area contributed by atoms with Crippen LogP contribution in [-0.4, -0.2) is 32.3 Å². The number of nitrogens with one attached hydrogen (secondary N) is 1. The third-order valence-corrected chi connectivity index (χ3v) is 3.08. The molecule has 0 saturated heterocycles. The van der Waals surface area contributed by atoms with E-state index in [0.717, 1.165) is 5.75 Å². The fraction of sp³-hybridized carbons (Fsp3) is 0.353. The molecule has 0 aliphatic heterocycles. The second-order valence-corrected chi connectivity index (χ2v) is 4.66. The lowest BCUT2D eigenvalue weighted by molar-refractivity contribution is -0.142. The Balaban J connectivity index is 1.67. The molecule has 4 heteroatoms. The molecule has 0 aliphatic carbocycles. The molecule has 0 saturated carbocycles. The SMILES string of the molecule is CCOC(=O)CCNCCOc1ccc2ccccc2c1. The van der Waals surface area contributed by atoms with Gasteiger partial charge < -0.3 is 14.8 Å². The minimum atomic E-state index is -0.166. The fourth-order valence-corrected chi connectivity index (χ4v) is 2.05. The Bertz CT molecular complexity index is 583. The van der Waals surface area contributed by atoms with E-state index in [1.165, 1.54) is 10.8 Å². The molecule has 0 heterocycles. The highest BCUT2D eigenvalue weighted by molar-refractivity contribution is 5.83. The Labute approximate surface area is 125 Å². The molecule has 0 radical (unpaired) electrons. The lowest BCUT2D eigenvalue weighted by atomic mass is 10.1. The van der Waals surface area contributed by atoms with Crippen LogP contribution >= 0.6 is 0 Å². The van der Waals surface area contributed by atoms with Gasteiger partial charge in [0.1, 0.15) is 12.4 Å². The summed E-state index contributed by atoms with van der Waals surface area (Å²) in [7, 11) is 0. The van der Waals surface area contributed by atoms with Crippen molar-refractivity contribution in [3.05, 3.63) is 42.5 Å². The molecule has 112 valence electrons. The molecule has 2 rings (SSSR count). The first-order valence-corrected chi connectivity index (χ1v) is 7.27. The number of ether oxygens (including phenoxy) is 2. The van der Waals surface area contributed by atoms with Crippen molar-refractivity contribution in [1.82, 2.24) is 5.32 Å². The van der Waals surface area contributed by atoms with Crippen LogP contribution < -0.4 is 10.1 Å². The molecule has 2 aromatic carbocycles. The van der Waals surface area contributed by atoms with Gasteiger partial charge in [-0.1, -0.05) is 30.3 Å². The van der Waals surface area contributed by atoms with Crippen LogP contribution in [0.25, 0.3) is 10.8 Å². The lowest BCUT2D eigenvalue weighted by Crippen LogP contribution is -2.24. The van der Waals surface area contributed by atoms with E-state index >= 15 is 0 Å². The van der Waals surface area contributed by atoms with Gasteiger partial charge in [-0.05, 0) is 29.8 Å². The molecular formula is C17H21NO3. The lowest BCUT2D eigenvalue weighted by Gasteiger charge is -2.08. The molecule has 1 N–H and O–H groups in total. The Morgan fingerprint density at radius 1 is 1.10 bits per heavy atom. The summed E-state index contributed by atoms with van der Waals surface area (Å²) in [5.74, 6) is 0.696. The fourth-order valence-electron chi connectivity index (χ4n) is 2.05. The topological polar surface area (TPSA) is 47.6 Å². The van der Waals surface area contributed by atoms with Crippen molar-refractivity contribution in [2.75, 3.05) is 26.3 Å². The smallest absolute Gasteiger partial charge is 0.307 e. The zero-order valence-electron chi connectivity index (χ0n) is 12.3. The Morgan fingerprint density at radius 2 is 1.90 bits per heavy atom. The molecule has 0 bridgehead atoms. The third kappa shape index (κ3) is 5.08. The van der Waals surface area contributed by atoms with Crippen LogP contribution in [0.1, 0.15) is 13.3 Å². The molecule has 0 spiro atoms. The van der Waals surface area contributed by atoms with Crippen molar-refractivity contribution in [3.63, 3.8) is 0 Å². The summed E-state index contributed by atoms with van der Waals surface area (Å²) < 4.78 is 10.5. The molecule has 0 unspecified atom stereocenters. The minimum absolute atomic E-state index is 0.166. The highest BCUT2D eigenvalue weighted by Crippen LogP contribution is 2.20. The van der Waals surface area contributed by atoms with Gasteiger partial charge in [0.25, 0.3) is 0 Å². The summed E-state index contributed by atoms with van der Waals surface area (Å²) >= 11 is 0. The molecule has 0 amide bonds. The molecule has 4 nitrogen and oxygen atoms in total. The molecule has 0 atom stereocenters. The summed E-state index contributed by atoms with van der Waals surface area (Å²) in [6.45, 7) is 4.12. The van der Waals surface area contributed by atoms with E-state index in [4.69, 9.17) is 9.47 Å². The predicted molar refractivity (Wildman–Crippen MR) is 83.6 cm³/mol. The van der Waals surface area contributed by atoms with Crippen molar-refractivity contribution >= 4 is 16.7 Å². The van der Waals surface area contributed by atoms with Gasteiger partial charge in [-0.2, -0.15) is 0 Å². The molecule has 0 aromatic heterocycles. The highest BCUT2D eigenvalue weighted by Gasteiger charge is 2.00. The van der Waals surface area contributed by atoms with Crippen molar-refractivity contribution in [2.45, 2.75) is 13.3 Å². The Morgan fingerprint density at radius 3 is 2.71 bits per heavy atom. The molecule has 0 aliphatic rings. The Hall–Kier alpha value is -2.07. The first-order valence-electron chi connectivity index (χ1n) is 7.27. The van der Waals surface area contributed by atoms with Gasteiger partial charge in [0.2, 0.25) is 0 Å². The summed E-state index contributed by atoms with van der Waals surface area (Å²) in [6, 6.07) is 14.3. The third-order valence-electron chi connectivity index (χ3n) is 3.08. The van der Waals surface area contributed by atoms with E-state index in [2.05, 4.69) is 23.5 Å². The predicted octanol–water partition coefficient (Wildman–Crippen LogP) is 2.76. The first kappa shape index (κ1) is 15.3. The van der Waals surface area contributed by atoms with Crippen LogP contribution in [0.2, 0.25) is 0 Å². The minimum Gasteiger partial charge on any atom is -0.492 e. The van der Waals surface area contributed by atoms with Crippen molar-refractivity contribution in [1.29, 1.82) is 0 Å². The molecule has 2 aromatic rings. The van der Waals surface area contributed by atoms with Crippen LogP contribution in [0.5, 0.6) is 5.75 Å². The largest absolute Gasteiger partial charge is 0.492 e. The second kappa shape index (κ2) is 8.27. The van der Waals surface area contributed by atoms with E-state index < -0.39 is 0 Å². The van der Waals surface area contributed by atoms with Crippen LogP contribution in [-0.2, 0) is 9.53 Å². The van der Waals surface area contributed by atoms with Gasteiger partial charge in [0.15, 0.2) is 0 Å². The molecular weight excluding hydrogens is 266 g/mol. The van der Waals surface area contributed by atoms with Crippen molar-refractivity contribution in [2.24, 2.45) is 0 Å². The second-order valence-electron chi connectivity index (χ2n) is 4.66. The number of fused-ring (bicyclic) bond motifs is 1. The van der Waals surface area contributed by atoms with Gasteiger partial charge in [0, 0.05) is 13.1 Å². The van der Waals surface area contributed by atoms with E-state index in [-0.39, 0.29) is 5.97 Å². The van der Waals surface area contributed by atoms with Crippen LogP contribution in [0.4, 0.5) is 0 Å². The normalized spacial score (nSPS) is 10.5. The van der Waals surface area contributed by atoms with Crippen LogP contribution in [0.15, 0.2) is 42.5 Å². The maximum Gasteiger partial charge on any atom is 0.307 e. The number of benzene rings is 2. The quantitative estimate of drug-likeness (QED) is 0.599. The molecule has 0 fully saturated rings. The summed E-state index contributed by atoms with van der Waals surface area (Å²) in [4.78, 5) is 11.1. The average Bonchev–Trinajstić information content (AvgIpc) is 2.51. The summed E-state index contributed by atoms with van der Waals surface area (Å²) in [5.41, 5.74) is 0. The number of hydrogen-bond donors (Lipinski definition) is 1. The van der Waals surface area contributed by atoms with Gasteiger partial charge >= 0.3 is 5.97 Å². The van der Waals surface area contributed by atoms with E-state index in [0.29, 0.717) is 32.7 Å². The van der Waals surface area contributed by atoms with Gasteiger partial charge in [0.05, 0.1) is 13.0 Å². The number of carbonyl (C=O) groups excluding carboxylic acids is 1. The zero-order chi connectivity index (χ0) is 14.9. The standard InChI is InChI=1S/C17H21NO3/c1-2-20-17(19)9-10-18-11-12-21-16-8-7-14-5-3-4-6-15(14)13-16/h3-8,13,18H,2,9-12H2,1H3. The van der Waals surface area contributed by atoms with Crippen molar-refractivity contribution in [3.8, 4) is 5.75 Å². The van der Waals surface area contributed by atoms with Crippen LogP contribution in [0, 0.1) is 0 Å². The average molecular weight is 287 g/mol. The van der Waals surface area contributed by atoms with E-state index in [9.17, 15) is 4.79 Å². The van der Waals surface area contributed by atoms with E-state index in [1.807, 2.05) is 31.2 Å². The molecule has 21 heavy (non-hydrogen) atoms. The zero-order valence-corrected chi connectivity index (χ0v) is 12.3.